The number of anilines is 1. The smallest absolute Gasteiger partial charge is 0.367 e. The van der Waals surface area contributed by atoms with E-state index in [-0.39, 0.29) is 48.7 Å². The first-order chi connectivity index (χ1) is 13.7. The monoisotopic (exact) mass is 448 g/mol. The molecular weight excluding hydrogens is 432 g/mol. The van der Waals surface area contributed by atoms with Crippen molar-refractivity contribution in [1.82, 2.24) is 15.6 Å². The molecule has 0 aliphatic rings. The number of nitrogens with one attached hydrogen (secondary N) is 3. The number of carbonyl (C=O) groups excluding carboxylic acids is 2. The highest BCUT2D eigenvalue weighted by molar-refractivity contribution is 6.33. The predicted octanol–water partition coefficient (Wildman–Crippen LogP) is 3.76. The van der Waals surface area contributed by atoms with Gasteiger partial charge in [-0.15, -0.1) is 0 Å². The van der Waals surface area contributed by atoms with E-state index < -0.39 is 11.7 Å². The minimum absolute atomic E-state index is 0.0681. The second-order valence-corrected chi connectivity index (χ2v) is 6.69. The number of alkyl halides is 3. The highest BCUT2D eigenvalue weighted by Gasteiger charge is 2.31. The molecule has 1 aromatic carbocycles. The SMILES string of the molecule is O=C(CCNC(=O)c1ccc(Cl)cc1)NCCNc1ncc(C(F)(F)F)cc1Cl. The zero-order chi connectivity index (χ0) is 21.4. The Labute approximate surface area is 174 Å². The minimum Gasteiger partial charge on any atom is -0.367 e. The van der Waals surface area contributed by atoms with Crippen molar-refractivity contribution in [2.24, 2.45) is 0 Å². The Hall–Kier alpha value is -2.52. The number of halogens is 5. The second-order valence-electron chi connectivity index (χ2n) is 5.84. The molecule has 2 amide bonds. The Balaban J connectivity index is 1.66. The average Bonchev–Trinajstić information content (AvgIpc) is 2.66. The number of carbonyl (C=O) groups is 2. The molecule has 0 unspecified atom stereocenters. The summed E-state index contributed by atoms with van der Waals surface area (Å²) in [5.74, 6) is -0.530. The fraction of sp³-hybridized carbons (Fsp3) is 0.278. The van der Waals surface area contributed by atoms with Crippen molar-refractivity contribution in [3.63, 3.8) is 0 Å². The van der Waals surface area contributed by atoms with Crippen LogP contribution in [-0.2, 0) is 11.0 Å². The summed E-state index contributed by atoms with van der Waals surface area (Å²) < 4.78 is 37.7. The molecule has 6 nitrogen and oxygen atoms in total. The Morgan fingerprint density at radius 2 is 1.69 bits per heavy atom. The Morgan fingerprint density at radius 3 is 2.31 bits per heavy atom. The molecule has 0 fully saturated rings. The molecule has 156 valence electrons. The quantitative estimate of drug-likeness (QED) is 0.537. The van der Waals surface area contributed by atoms with E-state index in [0.29, 0.717) is 16.8 Å². The van der Waals surface area contributed by atoms with Crippen molar-refractivity contribution in [2.75, 3.05) is 25.0 Å². The molecule has 29 heavy (non-hydrogen) atoms. The number of hydrogen-bond acceptors (Lipinski definition) is 4. The van der Waals surface area contributed by atoms with E-state index >= 15 is 0 Å². The van der Waals surface area contributed by atoms with Crippen LogP contribution in [0.2, 0.25) is 10.0 Å². The maximum atomic E-state index is 12.6. The van der Waals surface area contributed by atoms with E-state index in [2.05, 4.69) is 20.9 Å². The number of nitrogens with zero attached hydrogens (tertiary/aromatic N) is 1. The van der Waals surface area contributed by atoms with Gasteiger partial charge < -0.3 is 16.0 Å². The number of hydrogen-bond donors (Lipinski definition) is 3. The maximum Gasteiger partial charge on any atom is 0.417 e. The van der Waals surface area contributed by atoms with Gasteiger partial charge in [0.05, 0.1) is 10.6 Å². The topological polar surface area (TPSA) is 83.1 Å². The molecule has 1 aromatic heterocycles. The summed E-state index contributed by atoms with van der Waals surface area (Å²) in [5, 5.41) is 8.31. The summed E-state index contributed by atoms with van der Waals surface area (Å²) >= 11 is 11.5. The maximum absolute atomic E-state index is 12.6. The van der Waals surface area contributed by atoms with Crippen molar-refractivity contribution in [1.29, 1.82) is 0 Å². The summed E-state index contributed by atoms with van der Waals surface area (Å²) in [6, 6.07) is 7.11. The Kier molecular flexibility index (Phi) is 8.10. The van der Waals surface area contributed by atoms with Crippen LogP contribution in [0.15, 0.2) is 36.5 Å². The molecule has 11 heteroatoms. The van der Waals surface area contributed by atoms with E-state index in [9.17, 15) is 22.8 Å². The van der Waals surface area contributed by atoms with Crippen molar-refractivity contribution in [2.45, 2.75) is 12.6 Å². The van der Waals surface area contributed by atoms with Gasteiger partial charge in [0.2, 0.25) is 5.91 Å². The van der Waals surface area contributed by atoms with Gasteiger partial charge in [-0.1, -0.05) is 23.2 Å². The van der Waals surface area contributed by atoms with Crippen LogP contribution in [0.5, 0.6) is 0 Å². The van der Waals surface area contributed by atoms with E-state index in [1.54, 1.807) is 24.3 Å². The molecule has 1 heterocycles. The Morgan fingerprint density at radius 1 is 1.00 bits per heavy atom. The molecule has 0 spiro atoms. The molecule has 0 bridgehead atoms. The standard InChI is InChI=1S/C18H17Cl2F3N4O2/c19-13-3-1-11(2-4-13)17(29)26-6-5-15(28)24-7-8-25-16-14(20)9-12(10-27-16)18(21,22)23/h1-4,9-10H,5-8H2,(H,24,28)(H,25,27)(H,26,29). The molecule has 2 rings (SSSR count). The van der Waals surface area contributed by atoms with Crippen molar-refractivity contribution in [3.05, 3.63) is 57.7 Å². The third-order valence-corrected chi connectivity index (χ3v) is 4.19. The van der Waals surface area contributed by atoms with Crippen LogP contribution in [-0.4, -0.2) is 36.4 Å². The number of amides is 2. The number of aromatic nitrogens is 1. The van der Waals surface area contributed by atoms with Crippen LogP contribution < -0.4 is 16.0 Å². The summed E-state index contributed by atoms with van der Waals surface area (Å²) in [4.78, 5) is 27.3. The zero-order valence-electron chi connectivity index (χ0n) is 14.9. The van der Waals surface area contributed by atoms with Gasteiger partial charge >= 0.3 is 6.18 Å². The zero-order valence-corrected chi connectivity index (χ0v) is 16.5. The molecule has 0 atom stereocenters. The van der Waals surface area contributed by atoms with Gasteiger partial charge in [-0.3, -0.25) is 9.59 Å². The van der Waals surface area contributed by atoms with E-state index in [1.807, 2.05) is 0 Å². The van der Waals surface area contributed by atoms with Crippen LogP contribution in [0.1, 0.15) is 22.3 Å². The summed E-state index contributed by atoms with van der Waals surface area (Å²) in [5.41, 5.74) is -0.512. The lowest BCUT2D eigenvalue weighted by Crippen LogP contribution is -2.33. The lowest BCUT2D eigenvalue weighted by Gasteiger charge is -2.11. The third-order valence-electron chi connectivity index (χ3n) is 3.65. The van der Waals surface area contributed by atoms with Gasteiger partial charge in [0.15, 0.2) is 0 Å². The van der Waals surface area contributed by atoms with E-state index in [1.165, 1.54) is 0 Å². The van der Waals surface area contributed by atoms with Gasteiger partial charge in [-0.2, -0.15) is 13.2 Å². The molecule has 3 N–H and O–H groups in total. The molecule has 0 saturated carbocycles. The van der Waals surface area contributed by atoms with Crippen LogP contribution in [0.25, 0.3) is 0 Å². The van der Waals surface area contributed by atoms with E-state index in [4.69, 9.17) is 23.2 Å². The Bertz CT molecular complexity index is 861. The van der Waals surface area contributed by atoms with Crippen molar-refractivity contribution in [3.8, 4) is 0 Å². The van der Waals surface area contributed by atoms with Gasteiger partial charge in [0, 0.05) is 42.8 Å². The number of rotatable bonds is 8. The summed E-state index contributed by atoms with van der Waals surface area (Å²) in [6.45, 7) is 0.553. The van der Waals surface area contributed by atoms with Gasteiger partial charge in [0.25, 0.3) is 5.91 Å². The van der Waals surface area contributed by atoms with Gasteiger partial charge in [-0.25, -0.2) is 4.98 Å². The fourth-order valence-corrected chi connectivity index (χ4v) is 2.55. The van der Waals surface area contributed by atoms with Crippen molar-refractivity contribution >= 4 is 40.8 Å². The highest BCUT2D eigenvalue weighted by Crippen LogP contribution is 2.32. The lowest BCUT2D eigenvalue weighted by atomic mass is 10.2. The highest BCUT2D eigenvalue weighted by atomic mass is 35.5. The van der Waals surface area contributed by atoms with Gasteiger partial charge in [-0.05, 0) is 30.3 Å². The third kappa shape index (κ3) is 7.43. The first kappa shape index (κ1) is 22.8. The molecule has 2 aromatic rings. The molecule has 0 saturated heterocycles. The van der Waals surface area contributed by atoms with Crippen LogP contribution in [0.4, 0.5) is 19.0 Å². The van der Waals surface area contributed by atoms with Crippen LogP contribution >= 0.6 is 23.2 Å². The molecule has 0 aliphatic carbocycles. The summed E-state index contributed by atoms with van der Waals surface area (Å²) in [6.07, 6.45) is -3.78. The van der Waals surface area contributed by atoms with Crippen LogP contribution in [0.3, 0.4) is 0 Å². The average molecular weight is 449 g/mol. The first-order valence-corrected chi connectivity index (χ1v) is 9.19. The van der Waals surface area contributed by atoms with Gasteiger partial charge in [0.1, 0.15) is 5.82 Å². The fourth-order valence-electron chi connectivity index (χ4n) is 2.19. The second kappa shape index (κ2) is 10.3. The normalized spacial score (nSPS) is 11.1. The lowest BCUT2D eigenvalue weighted by molar-refractivity contribution is -0.137. The first-order valence-electron chi connectivity index (χ1n) is 8.44. The van der Waals surface area contributed by atoms with Crippen molar-refractivity contribution < 1.29 is 22.8 Å². The molecular formula is C18H17Cl2F3N4O2. The van der Waals surface area contributed by atoms with Crippen LogP contribution in [0, 0.1) is 0 Å². The largest absolute Gasteiger partial charge is 0.417 e. The molecule has 0 radical (unpaired) electrons. The minimum atomic E-state index is -4.52. The molecule has 0 aliphatic heterocycles. The van der Waals surface area contributed by atoms with E-state index in [0.717, 1.165) is 6.07 Å². The number of benzene rings is 1. The summed E-state index contributed by atoms with van der Waals surface area (Å²) in [7, 11) is 0. The number of pyridine rings is 1. The predicted molar refractivity (Wildman–Crippen MR) is 104 cm³/mol.